The van der Waals surface area contributed by atoms with Gasteiger partial charge in [-0.05, 0) is 0 Å². The molecule has 76 valence electrons. The van der Waals surface area contributed by atoms with Crippen molar-refractivity contribution in [1.82, 2.24) is 0 Å². The maximum atomic E-state index is 10.9. The average molecular weight is 202 g/mol. The highest BCUT2D eigenvalue weighted by Crippen LogP contribution is 2.15. The van der Waals surface area contributed by atoms with Gasteiger partial charge in [-0.2, -0.15) is 0 Å². The Hall–Kier alpha value is -1.89. The van der Waals surface area contributed by atoms with Gasteiger partial charge in [0.2, 0.25) is 11.9 Å². The predicted molar refractivity (Wildman–Crippen MR) is 39.2 cm³/mol. The molecule has 7 heteroatoms. The molecule has 7 nitrogen and oxygen atoms in total. The normalized spacial score (nSPS) is 26.4. The van der Waals surface area contributed by atoms with Crippen LogP contribution in [0.1, 0.15) is 0 Å². The Morgan fingerprint density at radius 3 is 2.36 bits per heavy atom. The lowest BCUT2D eigenvalue weighted by atomic mass is 10.1. The molecule has 0 saturated heterocycles. The first-order chi connectivity index (χ1) is 6.43. The third-order valence-electron chi connectivity index (χ3n) is 1.56. The van der Waals surface area contributed by atoms with Crippen molar-refractivity contribution >= 4 is 17.7 Å². The lowest BCUT2D eigenvalue weighted by Crippen LogP contribution is -2.44. The molecule has 1 aliphatic heterocycles. The fourth-order valence-corrected chi connectivity index (χ4v) is 0.897. The van der Waals surface area contributed by atoms with Crippen LogP contribution >= 0.6 is 0 Å². The lowest BCUT2D eigenvalue weighted by molar-refractivity contribution is -0.163. The number of aliphatic hydroxyl groups excluding tert-OH is 1. The van der Waals surface area contributed by atoms with Crippen LogP contribution in [0.2, 0.25) is 0 Å². The number of aliphatic hydroxyl groups is 1. The molecule has 0 saturated carbocycles. The smallest absolute Gasteiger partial charge is 0.371 e. The molecule has 0 amide bonds. The molecular weight excluding hydrogens is 196 g/mol. The van der Waals surface area contributed by atoms with Crippen LogP contribution in [0.5, 0.6) is 0 Å². The number of hydrogen-bond donors (Lipinski definition) is 3. The van der Waals surface area contributed by atoms with Crippen LogP contribution in [0.3, 0.4) is 0 Å². The van der Waals surface area contributed by atoms with Gasteiger partial charge in [-0.15, -0.1) is 0 Å². The second kappa shape index (κ2) is 3.46. The van der Waals surface area contributed by atoms with Crippen LogP contribution in [-0.2, 0) is 19.1 Å². The zero-order chi connectivity index (χ0) is 10.9. The molecule has 0 fully saturated rings. The van der Waals surface area contributed by atoms with E-state index in [1.165, 1.54) is 0 Å². The Kier molecular flexibility index (Phi) is 2.52. The molecule has 1 rings (SSSR count). The Morgan fingerprint density at radius 1 is 1.36 bits per heavy atom. The largest absolute Gasteiger partial charge is 0.478 e. The SMILES string of the molecule is O=C(O)C1=CC(=O)C(O)C(C(=O)O)O1. The Labute approximate surface area is 77.2 Å². The number of ether oxygens (including phenoxy) is 1. The maximum absolute atomic E-state index is 10.9. The molecule has 1 aliphatic rings. The molecule has 3 N–H and O–H groups in total. The molecule has 0 bridgehead atoms. The second-order valence-electron chi connectivity index (χ2n) is 2.54. The van der Waals surface area contributed by atoms with E-state index in [-0.39, 0.29) is 0 Å². The summed E-state index contributed by atoms with van der Waals surface area (Å²) >= 11 is 0. The fourth-order valence-electron chi connectivity index (χ4n) is 0.897. The molecule has 0 spiro atoms. The van der Waals surface area contributed by atoms with Crippen molar-refractivity contribution in [3.05, 3.63) is 11.8 Å². The minimum absolute atomic E-state index is 0.548. The van der Waals surface area contributed by atoms with Crippen LogP contribution in [-0.4, -0.2) is 45.2 Å². The van der Waals surface area contributed by atoms with Gasteiger partial charge in [0, 0.05) is 6.08 Å². The molecule has 2 unspecified atom stereocenters. The van der Waals surface area contributed by atoms with Crippen LogP contribution in [0.4, 0.5) is 0 Å². The molecular formula is C7H6O7. The van der Waals surface area contributed by atoms with E-state index in [1.807, 2.05) is 0 Å². The van der Waals surface area contributed by atoms with E-state index in [0.29, 0.717) is 6.08 Å². The first-order valence-corrected chi connectivity index (χ1v) is 3.50. The number of rotatable bonds is 2. The van der Waals surface area contributed by atoms with Gasteiger partial charge in [0.15, 0.2) is 11.9 Å². The van der Waals surface area contributed by atoms with Crippen LogP contribution in [0.25, 0.3) is 0 Å². The molecule has 14 heavy (non-hydrogen) atoms. The van der Waals surface area contributed by atoms with Crippen LogP contribution in [0, 0.1) is 0 Å². The number of carboxylic acids is 2. The summed E-state index contributed by atoms with van der Waals surface area (Å²) in [5.41, 5.74) is 0. The summed E-state index contributed by atoms with van der Waals surface area (Å²) in [5, 5.41) is 25.9. The topological polar surface area (TPSA) is 121 Å². The quantitative estimate of drug-likeness (QED) is 0.491. The Bertz CT molecular complexity index is 329. The number of aliphatic carboxylic acids is 2. The van der Waals surface area contributed by atoms with Crippen molar-refractivity contribution < 1.29 is 34.4 Å². The Balaban J connectivity index is 2.98. The lowest BCUT2D eigenvalue weighted by Gasteiger charge is -2.22. The van der Waals surface area contributed by atoms with Gasteiger partial charge in [0.25, 0.3) is 0 Å². The summed E-state index contributed by atoms with van der Waals surface area (Å²) in [5.74, 6) is -4.94. The molecule has 0 aliphatic carbocycles. The predicted octanol–water partition coefficient (Wildman–Crippen LogP) is -1.63. The van der Waals surface area contributed by atoms with Gasteiger partial charge in [0.05, 0.1) is 0 Å². The van der Waals surface area contributed by atoms with E-state index in [0.717, 1.165) is 0 Å². The molecule has 0 aromatic heterocycles. The standard InChI is InChI=1S/C7H6O7/c8-2-1-3(6(10)11)14-5(4(2)9)7(12)13/h1,4-5,9H,(H,10,11)(H,12,13). The van der Waals surface area contributed by atoms with Gasteiger partial charge in [0.1, 0.15) is 0 Å². The van der Waals surface area contributed by atoms with E-state index < -0.39 is 35.7 Å². The number of carbonyl (C=O) groups is 3. The monoisotopic (exact) mass is 202 g/mol. The summed E-state index contributed by atoms with van der Waals surface area (Å²) in [6.45, 7) is 0. The minimum atomic E-state index is -1.87. The molecule has 2 atom stereocenters. The molecule has 0 aromatic carbocycles. The first kappa shape index (κ1) is 10.2. The molecule has 1 heterocycles. The van der Waals surface area contributed by atoms with Crippen molar-refractivity contribution in [2.45, 2.75) is 12.2 Å². The number of ketones is 1. The number of carbonyl (C=O) groups excluding carboxylic acids is 1. The summed E-state index contributed by atoms with van der Waals surface area (Å²) < 4.78 is 4.38. The summed E-state index contributed by atoms with van der Waals surface area (Å²) in [6.07, 6.45) is -3.18. The van der Waals surface area contributed by atoms with E-state index in [4.69, 9.17) is 15.3 Å². The van der Waals surface area contributed by atoms with E-state index >= 15 is 0 Å². The van der Waals surface area contributed by atoms with E-state index in [9.17, 15) is 14.4 Å². The first-order valence-electron chi connectivity index (χ1n) is 3.50. The zero-order valence-corrected chi connectivity index (χ0v) is 6.71. The molecule has 0 aromatic rings. The van der Waals surface area contributed by atoms with Crippen molar-refractivity contribution in [2.75, 3.05) is 0 Å². The van der Waals surface area contributed by atoms with Gasteiger partial charge in [-0.25, -0.2) is 9.59 Å². The maximum Gasteiger partial charge on any atom is 0.371 e. The second-order valence-corrected chi connectivity index (χ2v) is 2.54. The number of hydrogen-bond acceptors (Lipinski definition) is 5. The Morgan fingerprint density at radius 2 is 1.93 bits per heavy atom. The average Bonchev–Trinajstić information content (AvgIpc) is 2.08. The van der Waals surface area contributed by atoms with Gasteiger partial charge >= 0.3 is 11.9 Å². The zero-order valence-electron chi connectivity index (χ0n) is 6.71. The van der Waals surface area contributed by atoms with Crippen molar-refractivity contribution in [3.8, 4) is 0 Å². The highest BCUT2D eigenvalue weighted by molar-refractivity contribution is 6.03. The summed E-state index contributed by atoms with van der Waals surface area (Å²) in [4.78, 5) is 31.7. The van der Waals surface area contributed by atoms with Gasteiger partial charge in [-0.3, -0.25) is 4.79 Å². The van der Waals surface area contributed by atoms with Crippen molar-refractivity contribution in [2.24, 2.45) is 0 Å². The van der Waals surface area contributed by atoms with Crippen molar-refractivity contribution in [1.29, 1.82) is 0 Å². The highest BCUT2D eigenvalue weighted by atomic mass is 16.5. The van der Waals surface area contributed by atoms with Crippen molar-refractivity contribution in [3.63, 3.8) is 0 Å². The molecule has 0 radical (unpaired) electrons. The third kappa shape index (κ3) is 1.72. The van der Waals surface area contributed by atoms with Crippen LogP contribution < -0.4 is 0 Å². The fraction of sp³-hybridized carbons (Fsp3) is 0.286. The summed E-state index contributed by atoms with van der Waals surface area (Å²) in [6, 6.07) is 0. The summed E-state index contributed by atoms with van der Waals surface area (Å²) in [7, 11) is 0. The van der Waals surface area contributed by atoms with Gasteiger partial charge in [-0.1, -0.05) is 0 Å². The van der Waals surface area contributed by atoms with Gasteiger partial charge < -0.3 is 20.1 Å². The minimum Gasteiger partial charge on any atom is -0.478 e. The number of carboxylic acid groups (broad SMARTS) is 2. The van der Waals surface area contributed by atoms with Crippen LogP contribution in [0.15, 0.2) is 11.8 Å². The third-order valence-corrected chi connectivity index (χ3v) is 1.56. The highest BCUT2D eigenvalue weighted by Gasteiger charge is 2.39. The van der Waals surface area contributed by atoms with E-state index in [1.54, 1.807) is 0 Å². The van der Waals surface area contributed by atoms with E-state index in [2.05, 4.69) is 4.74 Å².